The van der Waals surface area contributed by atoms with Crippen LogP contribution in [-0.2, 0) is 4.74 Å². The van der Waals surface area contributed by atoms with Crippen LogP contribution in [0.15, 0.2) is 11.1 Å². The van der Waals surface area contributed by atoms with Gasteiger partial charge in [0.25, 0.3) is 0 Å². The molecule has 1 nitrogen and oxygen atoms in total. The monoisotopic (exact) mass is 182 g/mol. The van der Waals surface area contributed by atoms with Gasteiger partial charge in [0.15, 0.2) is 0 Å². The Kier molecular flexibility index (Phi) is 3.18. The van der Waals surface area contributed by atoms with E-state index in [0.29, 0.717) is 11.5 Å². The van der Waals surface area contributed by atoms with Crippen LogP contribution in [-0.4, -0.2) is 12.7 Å². The van der Waals surface area contributed by atoms with Crippen LogP contribution in [0, 0.1) is 5.41 Å². The molecule has 1 heteroatoms. The first-order chi connectivity index (χ1) is 5.99. The fourth-order valence-electron chi connectivity index (χ4n) is 1.65. The molecule has 0 radical (unpaired) electrons. The molecule has 0 atom stereocenters. The molecule has 0 saturated heterocycles. The van der Waals surface area contributed by atoms with E-state index in [0.717, 1.165) is 19.4 Å². The summed E-state index contributed by atoms with van der Waals surface area (Å²) in [7, 11) is 0. The summed E-state index contributed by atoms with van der Waals surface area (Å²) in [5.74, 6) is 0. The molecule has 0 amide bonds. The molecule has 0 aromatic carbocycles. The van der Waals surface area contributed by atoms with Gasteiger partial charge in [-0.15, -0.1) is 0 Å². The Balaban J connectivity index is 2.28. The minimum Gasteiger partial charge on any atom is -0.369 e. The molecule has 0 bridgehead atoms. The van der Waals surface area contributed by atoms with Crippen LogP contribution in [0.4, 0.5) is 0 Å². The van der Waals surface area contributed by atoms with Crippen molar-refractivity contribution in [1.82, 2.24) is 0 Å². The van der Waals surface area contributed by atoms with Crippen molar-refractivity contribution < 1.29 is 4.74 Å². The van der Waals surface area contributed by atoms with E-state index in [9.17, 15) is 0 Å². The Bertz CT molecular complexity index is 194. The molecule has 0 saturated carbocycles. The van der Waals surface area contributed by atoms with Gasteiger partial charge in [0, 0.05) is 0 Å². The largest absolute Gasteiger partial charge is 0.369 e. The lowest BCUT2D eigenvalue weighted by Gasteiger charge is -2.18. The molecule has 1 rings (SSSR count). The van der Waals surface area contributed by atoms with Gasteiger partial charge < -0.3 is 4.74 Å². The van der Waals surface area contributed by atoms with Crippen molar-refractivity contribution in [2.24, 2.45) is 5.41 Å². The number of rotatable bonds is 4. The summed E-state index contributed by atoms with van der Waals surface area (Å²) in [6.45, 7) is 11.9. The van der Waals surface area contributed by atoms with Gasteiger partial charge in [-0.1, -0.05) is 34.6 Å². The van der Waals surface area contributed by atoms with Crippen LogP contribution < -0.4 is 0 Å². The van der Waals surface area contributed by atoms with Crippen LogP contribution in [0.25, 0.3) is 0 Å². The molecule has 0 aliphatic heterocycles. The van der Waals surface area contributed by atoms with Gasteiger partial charge in [-0.25, -0.2) is 0 Å². The highest BCUT2D eigenvalue weighted by Crippen LogP contribution is 2.40. The fraction of sp³-hybridized carbons (Fsp3) is 0.833. The van der Waals surface area contributed by atoms with E-state index < -0.39 is 0 Å². The molecule has 1 aliphatic rings. The highest BCUT2D eigenvalue weighted by atomic mass is 16.5. The number of hydrogen-bond acceptors (Lipinski definition) is 1. The molecule has 1 aliphatic carbocycles. The molecule has 0 fully saturated rings. The van der Waals surface area contributed by atoms with Gasteiger partial charge in [0.1, 0.15) is 6.10 Å². The molecular weight excluding hydrogens is 160 g/mol. The van der Waals surface area contributed by atoms with E-state index in [-0.39, 0.29) is 0 Å². The average molecular weight is 182 g/mol. The van der Waals surface area contributed by atoms with E-state index in [4.69, 9.17) is 4.74 Å². The zero-order valence-electron chi connectivity index (χ0n) is 9.61. The minimum atomic E-state index is 0.292. The highest BCUT2D eigenvalue weighted by molar-refractivity contribution is 5.43. The average Bonchev–Trinajstić information content (AvgIpc) is 2.71. The van der Waals surface area contributed by atoms with E-state index in [1.807, 2.05) is 0 Å². The topological polar surface area (TPSA) is 9.23 Å². The van der Waals surface area contributed by atoms with Crippen molar-refractivity contribution >= 4 is 0 Å². The maximum absolute atomic E-state index is 5.85. The predicted octanol–water partition coefficient (Wildman–Crippen LogP) is 3.55. The third-order valence-corrected chi connectivity index (χ3v) is 2.41. The summed E-state index contributed by atoms with van der Waals surface area (Å²) < 4.78 is 5.85. The normalized spacial score (nSPS) is 18.2. The van der Waals surface area contributed by atoms with Crippen molar-refractivity contribution in [2.45, 2.75) is 53.6 Å². The Morgan fingerprint density at radius 3 is 1.85 bits per heavy atom. The third kappa shape index (κ3) is 2.84. The standard InChI is InChI=1S/C12H22O/c1-6-9-10(7-2)11(9)13-8-12(3,4)5/h11H,6-8H2,1-5H3. The maximum atomic E-state index is 5.85. The van der Waals surface area contributed by atoms with Crippen LogP contribution >= 0.6 is 0 Å². The highest BCUT2D eigenvalue weighted by Gasteiger charge is 2.34. The molecular formula is C12H22O. The number of hydrogen-bond donors (Lipinski definition) is 0. The molecule has 13 heavy (non-hydrogen) atoms. The van der Waals surface area contributed by atoms with E-state index >= 15 is 0 Å². The first-order valence-electron chi connectivity index (χ1n) is 5.33. The van der Waals surface area contributed by atoms with Crippen molar-refractivity contribution in [3.63, 3.8) is 0 Å². The molecule has 76 valence electrons. The third-order valence-electron chi connectivity index (χ3n) is 2.41. The van der Waals surface area contributed by atoms with Crippen LogP contribution in [0.5, 0.6) is 0 Å². The van der Waals surface area contributed by atoms with Gasteiger partial charge in [-0.3, -0.25) is 0 Å². The van der Waals surface area contributed by atoms with Crippen molar-refractivity contribution in [3.05, 3.63) is 11.1 Å². The van der Waals surface area contributed by atoms with Gasteiger partial charge >= 0.3 is 0 Å². The first-order valence-corrected chi connectivity index (χ1v) is 5.33. The van der Waals surface area contributed by atoms with Crippen LogP contribution in [0.3, 0.4) is 0 Å². The maximum Gasteiger partial charge on any atom is 0.100 e. The van der Waals surface area contributed by atoms with Gasteiger partial charge in [-0.05, 0) is 29.4 Å². The second-order valence-corrected chi connectivity index (χ2v) is 5.01. The predicted molar refractivity (Wildman–Crippen MR) is 56.8 cm³/mol. The quantitative estimate of drug-likeness (QED) is 0.604. The molecule has 0 heterocycles. The summed E-state index contributed by atoms with van der Waals surface area (Å²) in [6, 6.07) is 0. The van der Waals surface area contributed by atoms with E-state index in [1.54, 1.807) is 11.1 Å². The lowest BCUT2D eigenvalue weighted by molar-refractivity contribution is 0.0634. The lowest BCUT2D eigenvalue weighted by Crippen LogP contribution is -2.16. The second-order valence-electron chi connectivity index (χ2n) is 5.01. The van der Waals surface area contributed by atoms with Gasteiger partial charge in [0.2, 0.25) is 0 Å². The van der Waals surface area contributed by atoms with Crippen LogP contribution in [0.2, 0.25) is 0 Å². The molecule has 0 unspecified atom stereocenters. The smallest absolute Gasteiger partial charge is 0.100 e. The van der Waals surface area contributed by atoms with Gasteiger partial charge in [-0.2, -0.15) is 0 Å². The summed E-state index contributed by atoms with van der Waals surface area (Å²) >= 11 is 0. The lowest BCUT2D eigenvalue weighted by atomic mass is 9.99. The van der Waals surface area contributed by atoms with Gasteiger partial charge in [0.05, 0.1) is 6.61 Å². The Morgan fingerprint density at radius 2 is 1.54 bits per heavy atom. The van der Waals surface area contributed by atoms with Crippen LogP contribution in [0.1, 0.15) is 47.5 Å². The summed E-state index contributed by atoms with van der Waals surface area (Å²) in [6.07, 6.45) is 2.74. The minimum absolute atomic E-state index is 0.292. The Labute approximate surface area is 82.2 Å². The van der Waals surface area contributed by atoms with Crippen molar-refractivity contribution in [1.29, 1.82) is 0 Å². The second kappa shape index (κ2) is 3.83. The summed E-state index contributed by atoms with van der Waals surface area (Å²) in [4.78, 5) is 0. The molecule has 0 N–H and O–H groups in total. The molecule has 0 spiro atoms. The van der Waals surface area contributed by atoms with Crippen molar-refractivity contribution in [2.75, 3.05) is 6.61 Å². The summed E-state index contributed by atoms with van der Waals surface area (Å²) in [5, 5.41) is 0. The fourth-order valence-corrected chi connectivity index (χ4v) is 1.65. The van der Waals surface area contributed by atoms with E-state index in [2.05, 4.69) is 34.6 Å². The zero-order valence-corrected chi connectivity index (χ0v) is 9.61. The zero-order chi connectivity index (χ0) is 10.1. The summed E-state index contributed by atoms with van der Waals surface area (Å²) in [5.41, 5.74) is 3.39. The SMILES string of the molecule is CCC1=C(CC)C1OCC(C)(C)C. The first kappa shape index (κ1) is 10.8. The molecule has 0 aromatic rings. The molecule has 0 aromatic heterocycles. The Hall–Kier alpha value is -0.300. The van der Waals surface area contributed by atoms with Crippen molar-refractivity contribution in [3.8, 4) is 0 Å². The van der Waals surface area contributed by atoms with E-state index in [1.165, 1.54) is 0 Å². The Morgan fingerprint density at radius 1 is 1.08 bits per heavy atom. The number of ether oxygens (including phenoxy) is 1.